The molecule has 0 radical (unpaired) electrons. The molecule has 0 spiro atoms. The van der Waals surface area contributed by atoms with Gasteiger partial charge in [0, 0.05) is 37.3 Å². The molecule has 8 heteroatoms. The molecule has 2 aromatic rings. The maximum absolute atomic E-state index is 12.4. The van der Waals surface area contributed by atoms with Crippen LogP contribution in [0.4, 0.5) is 0 Å². The number of benzene rings is 1. The Kier molecular flexibility index (Phi) is 5.03. The van der Waals surface area contributed by atoms with E-state index in [-0.39, 0.29) is 35.4 Å². The van der Waals surface area contributed by atoms with Gasteiger partial charge in [-0.3, -0.25) is 14.6 Å². The smallest absolute Gasteiger partial charge is 0.269 e. The first-order valence-corrected chi connectivity index (χ1v) is 9.69. The Bertz CT molecular complexity index is 928. The molecule has 26 heavy (non-hydrogen) atoms. The number of fused-ring (bicyclic) bond motifs is 1. The maximum atomic E-state index is 12.4. The summed E-state index contributed by atoms with van der Waals surface area (Å²) in [5, 5.41) is 2.80. The molecule has 3 rings (SSSR count). The molecule has 1 atom stereocenters. The molecule has 2 amide bonds. The van der Waals surface area contributed by atoms with Crippen LogP contribution in [0.2, 0.25) is 0 Å². The second-order valence-corrected chi connectivity index (χ2v) is 7.95. The summed E-state index contributed by atoms with van der Waals surface area (Å²) in [6, 6.07) is 11.5. The van der Waals surface area contributed by atoms with Crippen LogP contribution in [0.15, 0.2) is 53.6 Å². The lowest BCUT2D eigenvalue weighted by Gasteiger charge is -2.17. The summed E-state index contributed by atoms with van der Waals surface area (Å²) in [4.78, 5) is 28.6. The van der Waals surface area contributed by atoms with Gasteiger partial charge >= 0.3 is 0 Å². The number of nitrogens with one attached hydrogen (secondary N) is 1. The van der Waals surface area contributed by atoms with E-state index in [0.717, 1.165) is 10.00 Å². The van der Waals surface area contributed by atoms with Crippen molar-refractivity contribution in [3.8, 4) is 0 Å². The zero-order valence-corrected chi connectivity index (χ0v) is 15.1. The highest BCUT2D eigenvalue weighted by atomic mass is 32.2. The Labute approximate surface area is 152 Å². The molecule has 0 fully saturated rings. The Morgan fingerprint density at radius 3 is 2.62 bits per heavy atom. The van der Waals surface area contributed by atoms with Gasteiger partial charge in [0.05, 0.1) is 5.56 Å². The minimum atomic E-state index is -3.87. The second-order valence-electron chi connectivity index (χ2n) is 6.12. The average Bonchev–Trinajstić information content (AvgIpc) is 2.80. The van der Waals surface area contributed by atoms with Crippen LogP contribution in [0, 0.1) is 0 Å². The van der Waals surface area contributed by atoms with Crippen molar-refractivity contribution in [3.63, 3.8) is 0 Å². The van der Waals surface area contributed by atoms with Gasteiger partial charge in [-0.05, 0) is 31.2 Å². The van der Waals surface area contributed by atoms with Crippen LogP contribution in [0.25, 0.3) is 0 Å². The van der Waals surface area contributed by atoms with E-state index in [1.165, 1.54) is 12.1 Å². The van der Waals surface area contributed by atoms with Crippen LogP contribution in [-0.2, 0) is 21.2 Å². The third kappa shape index (κ3) is 3.60. The highest BCUT2D eigenvalue weighted by molar-refractivity contribution is 7.90. The number of carbonyl (C=O) groups is 2. The second kappa shape index (κ2) is 7.25. The van der Waals surface area contributed by atoms with Crippen molar-refractivity contribution in [2.45, 2.75) is 30.7 Å². The molecule has 136 valence electrons. The van der Waals surface area contributed by atoms with Crippen molar-refractivity contribution in [1.29, 1.82) is 0 Å². The number of nitrogens with zero attached hydrogens (tertiary/aromatic N) is 2. The highest BCUT2D eigenvalue weighted by Crippen LogP contribution is 2.29. The number of amides is 2. The van der Waals surface area contributed by atoms with E-state index in [4.69, 9.17) is 0 Å². The van der Waals surface area contributed by atoms with Crippen molar-refractivity contribution >= 4 is 21.8 Å². The minimum absolute atomic E-state index is 0.00562. The fourth-order valence-electron chi connectivity index (χ4n) is 2.89. The van der Waals surface area contributed by atoms with Gasteiger partial charge in [-0.2, -0.15) is 0 Å². The Morgan fingerprint density at radius 2 is 1.92 bits per heavy atom. The van der Waals surface area contributed by atoms with Gasteiger partial charge in [0.1, 0.15) is 4.90 Å². The molecule has 2 heterocycles. The van der Waals surface area contributed by atoms with Gasteiger partial charge in [0.2, 0.25) is 5.91 Å². The van der Waals surface area contributed by atoms with E-state index in [1.807, 2.05) is 25.1 Å². The molecule has 0 saturated carbocycles. The lowest BCUT2D eigenvalue weighted by atomic mass is 10.1. The molecule has 0 saturated heterocycles. The average molecular weight is 373 g/mol. The monoisotopic (exact) mass is 373 g/mol. The van der Waals surface area contributed by atoms with Crippen LogP contribution in [0.5, 0.6) is 0 Å². The van der Waals surface area contributed by atoms with Crippen molar-refractivity contribution < 1.29 is 18.0 Å². The van der Waals surface area contributed by atoms with Gasteiger partial charge in [-0.25, -0.2) is 12.7 Å². The zero-order valence-electron chi connectivity index (χ0n) is 14.3. The lowest BCUT2D eigenvalue weighted by Crippen LogP contribution is -2.38. The quantitative estimate of drug-likeness (QED) is 0.825. The molecule has 0 bridgehead atoms. The van der Waals surface area contributed by atoms with Crippen LogP contribution < -0.4 is 5.32 Å². The van der Waals surface area contributed by atoms with Gasteiger partial charge in [0.15, 0.2) is 0 Å². The lowest BCUT2D eigenvalue weighted by molar-refractivity contribution is -0.121. The molecule has 1 unspecified atom stereocenters. The summed E-state index contributed by atoms with van der Waals surface area (Å²) in [6.07, 6.45) is 2.16. The molecule has 1 aromatic carbocycles. The summed E-state index contributed by atoms with van der Waals surface area (Å²) in [7, 11) is -3.87. The minimum Gasteiger partial charge on any atom is -0.353 e. The summed E-state index contributed by atoms with van der Waals surface area (Å²) in [5.41, 5.74) is 1.00. The first-order valence-electron chi connectivity index (χ1n) is 8.25. The number of rotatable bonds is 6. The molecule has 1 N–H and O–H groups in total. The SMILES string of the molecule is CC(Cc1ccccn1)NC(=O)CCN1C(=O)c2ccccc2S1(=O)=O. The van der Waals surface area contributed by atoms with E-state index in [2.05, 4.69) is 10.3 Å². The van der Waals surface area contributed by atoms with Gasteiger partial charge < -0.3 is 5.32 Å². The molecule has 1 aromatic heterocycles. The maximum Gasteiger partial charge on any atom is 0.269 e. The van der Waals surface area contributed by atoms with E-state index in [9.17, 15) is 18.0 Å². The molecule has 1 aliphatic heterocycles. The summed E-state index contributed by atoms with van der Waals surface area (Å²) < 4.78 is 25.6. The molecule has 1 aliphatic rings. The van der Waals surface area contributed by atoms with E-state index < -0.39 is 15.9 Å². The van der Waals surface area contributed by atoms with Crippen molar-refractivity contribution in [1.82, 2.24) is 14.6 Å². The van der Waals surface area contributed by atoms with Crippen molar-refractivity contribution in [3.05, 3.63) is 59.9 Å². The predicted molar refractivity (Wildman–Crippen MR) is 94.8 cm³/mol. The van der Waals surface area contributed by atoms with Crippen LogP contribution in [-0.4, -0.2) is 42.1 Å². The van der Waals surface area contributed by atoms with Gasteiger partial charge in [-0.15, -0.1) is 0 Å². The van der Waals surface area contributed by atoms with Gasteiger partial charge in [0.25, 0.3) is 15.9 Å². The van der Waals surface area contributed by atoms with Crippen LogP contribution >= 0.6 is 0 Å². The molecule has 7 nitrogen and oxygen atoms in total. The summed E-state index contributed by atoms with van der Waals surface area (Å²) in [5.74, 6) is -0.901. The number of hydrogen-bond donors (Lipinski definition) is 1. The summed E-state index contributed by atoms with van der Waals surface area (Å²) >= 11 is 0. The summed E-state index contributed by atoms with van der Waals surface area (Å²) in [6.45, 7) is 1.66. The highest BCUT2D eigenvalue weighted by Gasteiger charge is 2.40. The zero-order chi connectivity index (χ0) is 18.7. The fourth-order valence-corrected chi connectivity index (χ4v) is 4.46. The normalized spacial score (nSPS) is 16.2. The number of pyridine rings is 1. The van der Waals surface area contributed by atoms with E-state index in [1.54, 1.807) is 18.3 Å². The molecular formula is C18H19N3O4S. The Balaban J connectivity index is 1.57. The van der Waals surface area contributed by atoms with Gasteiger partial charge in [-0.1, -0.05) is 18.2 Å². The topological polar surface area (TPSA) is 96.4 Å². The van der Waals surface area contributed by atoms with Crippen molar-refractivity contribution in [2.24, 2.45) is 0 Å². The molecule has 0 aliphatic carbocycles. The largest absolute Gasteiger partial charge is 0.353 e. The fraction of sp³-hybridized carbons (Fsp3) is 0.278. The third-order valence-electron chi connectivity index (χ3n) is 4.10. The number of aromatic nitrogens is 1. The number of carbonyl (C=O) groups excluding carboxylic acids is 2. The number of sulfonamides is 1. The van der Waals surface area contributed by atoms with Crippen molar-refractivity contribution in [2.75, 3.05) is 6.54 Å². The standard InChI is InChI=1S/C18H19N3O4S/c1-13(12-14-6-4-5-10-19-14)20-17(22)9-11-21-18(23)15-7-2-3-8-16(15)26(21,24)25/h2-8,10,13H,9,11-12H2,1H3,(H,20,22). The Hall–Kier alpha value is -2.74. The van der Waals surface area contributed by atoms with E-state index in [0.29, 0.717) is 6.42 Å². The first kappa shape index (κ1) is 18.1. The molecular weight excluding hydrogens is 354 g/mol. The van der Waals surface area contributed by atoms with E-state index >= 15 is 0 Å². The van der Waals surface area contributed by atoms with Crippen LogP contribution in [0.1, 0.15) is 29.4 Å². The number of hydrogen-bond acceptors (Lipinski definition) is 5. The predicted octanol–water partition coefficient (Wildman–Crippen LogP) is 1.36. The first-order chi connectivity index (χ1) is 12.4. The van der Waals surface area contributed by atoms with Crippen LogP contribution in [0.3, 0.4) is 0 Å². The third-order valence-corrected chi connectivity index (χ3v) is 5.94. The Morgan fingerprint density at radius 1 is 1.19 bits per heavy atom.